The predicted octanol–water partition coefficient (Wildman–Crippen LogP) is 0.226. The van der Waals surface area contributed by atoms with Crippen LogP contribution >= 0.6 is 0 Å². The summed E-state index contributed by atoms with van der Waals surface area (Å²) in [4.78, 5) is 0. The Bertz CT molecular complexity index is 393. The van der Waals surface area contributed by atoms with Gasteiger partial charge in [0.2, 0.25) is 0 Å². The number of aryl methyl sites for hydroxylation is 1. The second kappa shape index (κ2) is 7.46. The normalized spacial score (nSPS) is 10.3. The molecular formula is C9H14NO4Re. The summed E-state index contributed by atoms with van der Waals surface area (Å²) in [5, 5.41) is 0. The van der Waals surface area contributed by atoms with Crippen LogP contribution in [0.5, 0.6) is 0 Å². The number of hydrogen-bond acceptors (Lipinski definition) is 4. The molecule has 0 saturated carbocycles. The zero-order valence-electron chi connectivity index (χ0n) is 8.47. The van der Waals surface area contributed by atoms with E-state index in [0.29, 0.717) is 0 Å². The molecule has 0 saturated heterocycles. The van der Waals surface area contributed by atoms with Crippen LogP contribution in [0.15, 0.2) is 30.6 Å². The fourth-order valence-corrected chi connectivity index (χ4v) is 0.924. The standard InChI is InChI=1S/C9H14N.4O.Re/c1-2-3-7-10-8-5-4-6-9-10;;;;;/h4-6,8-9H,2-3,7H2,1H3;;;;;/q+1;;;;-1;. The maximum atomic E-state index is 8.64. The zero-order valence-corrected chi connectivity index (χ0v) is 11.2. The second-order valence-electron chi connectivity index (χ2n) is 2.84. The Balaban J connectivity index is 0.000000336. The van der Waals surface area contributed by atoms with Crippen LogP contribution < -0.4 is 8.40 Å². The van der Waals surface area contributed by atoms with Crippen molar-refractivity contribution in [1.29, 1.82) is 0 Å². The fourth-order valence-electron chi connectivity index (χ4n) is 0.924. The van der Waals surface area contributed by atoms with E-state index in [1.165, 1.54) is 12.8 Å². The van der Waals surface area contributed by atoms with Gasteiger partial charge in [0, 0.05) is 18.6 Å². The number of rotatable bonds is 3. The third-order valence-electron chi connectivity index (χ3n) is 1.55. The Kier molecular flexibility index (Phi) is 7.05. The van der Waals surface area contributed by atoms with Crippen molar-refractivity contribution in [3.05, 3.63) is 30.6 Å². The number of nitrogens with zero attached hydrogens (tertiary/aromatic N) is 1. The van der Waals surface area contributed by atoms with Gasteiger partial charge >= 0.3 is 30.0 Å². The van der Waals surface area contributed by atoms with Gasteiger partial charge in [-0.05, 0) is 0 Å². The van der Waals surface area contributed by atoms with E-state index in [9.17, 15) is 0 Å². The van der Waals surface area contributed by atoms with Gasteiger partial charge in [-0.25, -0.2) is 4.57 Å². The minimum absolute atomic E-state index is 1.15. The first-order chi connectivity index (χ1) is 6.93. The molecule has 0 atom stereocenters. The SMILES string of the molecule is CCCC[n+]1ccccc1.[O]=[Re](=[O])(=[O])[O-]. The summed E-state index contributed by atoms with van der Waals surface area (Å²) in [7, 11) is 0. The average Bonchev–Trinajstić information content (AvgIpc) is 2.14. The molecule has 86 valence electrons. The molecule has 15 heavy (non-hydrogen) atoms. The van der Waals surface area contributed by atoms with Gasteiger partial charge in [0.1, 0.15) is 6.54 Å². The van der Waals surface area contributed by atoms with Gasteiger partial charge in [-0.2, -0.15) is 0 Å². The van der Waals surface area contributed by atoms with Crippen LogP contribution in [-0.4, -0.2) is 0 Å². The van der Waals surface area contributed by atoms with E-state index >= 15 is 0 Å². The van der Waals surface area contributed by atoms with Gasteiger partial charge < -0.3 is 0 Å². The van der Waals surface area contributed by atoms with Gasteiger partial charge in [0.15, 0.2) is 12.4 Å². The molecule has 0 radical (unpaired) electrons. The first-order valence-corrected chi connectivity index (χ1v) is 8.93. The Morgan fingerprint density at radius 1 is 1.13 bits per heavy atom. The van der Waals surface area contributed by atoms with Crippen LogP contribution in [0.4, 0.5) is 0 Å². The van der Waals surface area contributed by atoms with E-state index in [4.69, 9.17) is 14.2 Å². The summed E-state index contributed by atoms with van der Waals surface area (Å²) in [5.74, 6) is 0. The molecule has 0 bridgehead atoms. The molecule has 1 heterocycles. The topological polar surface area (TPSA) is 78.1 Å². The van der Waals surface area contributed by atoms with Gasteiger partial charge in [-0.3, -0.25) is 0 Å². The van der Waals surface area contributed by atoms with Gasteiger partial charge in [-0.1, -0.05) is 19.4 Å². The summed E-state index contributed by atoms with van der Waals surface area (Å²) in [5.41, 5.74) is 0. The van der Waals surface area contributed by atoms with E-state index in [2.05, 4.69) is 36.0 Å². The van der Waals surface area contributed by atoms with Gasteiger partial charge in [0.05, 0.1) is 0 Å². The van der Waals surface area contributed by atoms with Crippen LogP contribution in [0, 0.1) is 0 Å². The number of pyridine rings is 1. The molecule has 0 spiro atoms. The third kappa shape index (κ3) is 13.2. The predicted molar refractivity (Wildman–Crippen MR) is 43.6 cm³/mol. The first-order valence-electron chi connectivity index (χ1n) is 4.49. The Morgan fingerprint density at radius 2 is 1.60 bits per heavy atom. The summed E-state index contributed by atoms with van der Waals surface area (Å²) < 4.78 is 36.8. The molecule has 1 rings (SSSR count). The molecule has 1 aromatic rings. The van der Waals surface area contributed by atoms with Crippen molar-refractivity contribution in [2.75, 3.05) is 0 Å². The van der Waals surface area contributed by atoms with E-state index in [-0.39, 0.29) is 0 Å². The van der Waals surface area contributed by atoms with E-state index < -0.39 is 15.8 Å². The number of aromatic nitrogens is 1. The molecule has 0 unspecified atom stereocenters. The van der Waals surface area contributed by atoms with Gasteiger partial charge in [0.25, 0.3) is 0 Å². The monoisotopic (exact) mass is 387 g/mol. The van der Waals surface area contributed by atoms with E-state index in [1.807, 2.05) is 6.07 Å². The van der Waals surface area contributed by atoms with Crippen molar-refractivity contribution in [2.24, 2.45) is 0 Å². The molecular weight excluding hydrogens is 372 g/mol. The molecule has 0 aromatic carbocycles. The fraction of sp³-hybridized carbons (Fsp3) is 0.444. The van der Waals surface area contributed by atoms with Crippen molar-refractivity contribution in [3.63, 3.8) is 0 Å². The van der Waals surface area contributed by atoms with Crippen LogP contribution in [0.25, 0.3) is 0 Å². The molecule has 0 amide bonds. The van der Waals surface area contributed by atoms with Crippen LogP contribution in [-0.2, 0) is 32.7 Å². The van der Waals surface area contributed by atoms with Crippen LogP contribution in [0.3, 0.4) is 0 Å². The average molecular weight is 386 g/mol. The Morgan fingerprint density at radius 3 is 2.00 bits per heavy atom. The molecule has 1 aromatic heterocycles. The van der Waals surface area contributed by atoms with Crippen molar-refractivity contribution >= 4 is 0 Å². The summed E-state index contributed by atoms with van der Waals surface area (Å²) in [6.07, 6.45) is 6.75. The molecule has 6 heteroatoms. The second-order valence-corrected chi connectivity index (χ2v) is 5.56. The quantitative estimate of drug-likeness (QED) is 0.697. The van der Waals surface area contributed by atoms with Crippen LogP contribution in [0.1, 0.15) is 19.8 Å². The molecule has 0 fully saturated rings. The number of unbranched alkanes of at least 4 members (excludes halogenated alkanes) is 1. The van der Waals surface area contributed by atoms with Crippen molar-refractivity contribution in [2.45, 2.75) is 26.3 Å². The van der Waals surface area contributed by atoms with Crippen molar-refractivity contribution in [1.82, 2.24) is 0 Å². The molecule has 5 nitrogen and oxygen atoms in total. The molecule has 0 aliphatic carbocycles. The van der Waals surface area contributed by atoms with E-state index in [1.54, 1.807) is 0 Å². The van der Waals surface area contributed by atoms with Gasteiger partial charge in [-0.15, -0.1) is 0 Å². The van der Waals surface area contributed by atoms with E-state index in [0.717, 1.165) is 6.54 Å². The van der Waals surface area contributed by atoms with Crippen LogP contribution in [0.2, 0.25) is 0 Å². The summed E-state index contributed by atoms with van der Waals surface area (Å²) >= 11 is -6.11. The van der Waals surface area contributed by atoms with Crippen molar-refractivity contribution in [3.8, 4) is 0 Å². The number of hydrogen-bond donors (Lipinski definition) is 0. The maximum absolute atomic E-state index is 8.64. The Labute approximate surface area is 91.7 Å². The molecule has 0 N–H and O–H groups in total. The molecule has 0 aliphatic rings. The first kappa shape index (κ1) is 14.2. The Hall–Kier alpha value is -0.828. The minimum atomic E-state index is -6.11. The summed E-state index contributed by atoms with van der Waals surface area (Å²) in [6.45, 7) is 3.36. The third-order valence-corrected chi connectivity index (χ3v) is 1.55. The zero-order chi connectivity index (χ0) is 11.7. The molecule has 0 aliphatic heterocycles. The van der Waals surface area contributed by atoms with Crippen molar-refractivity contribution < 1.29 is 34.6 Å². The summed E-state index contributed by atoms with van der Waals surface area (Å²) in [6, 6.07) is 6.17.